The molecule has 0 amide bonds. The highest BCUT2D eigenvalue weighted by atomic mass is 16.4. The van der Waals surface area contributed by atoms with Gasteiger partial charge in [0.25, 0.3) is 0 Å². The molecule has 0 aliphatic carbocycles. The minimum Gasteiger partial charge on any atom is -0.481 e. The number of carbonyl (C=O) groups is 1. The van der Waals surface area contributed by atoms with Crippen molar-refractivity contribution in [1.29, 1.82) is 0 Å². The normalized spacial score (nSPS) is 13.1. The third-order valence-electron chi connectivity index (χ3n) is 2.13. The molecule has 0 aliphatic heterocycles. The molecular weight excluding hydrogens is 180 g/mol. The predicted molar refractivity (Wildman–Crippen MR) is 53.1 cm³/mol. The number of aliphatic carboxylic acids is 1. The van der Waals surface area contributed by atoms with Crippen LogP contribution in [0, 0.1) is 5.92 Å². The van der Waals surface area contributed by atoms with Gasteiger partial charge in [-0.2, -0.15) is 5.10 Å². The molecule has 1 rings (SSSR count). The molecule has 0 saturated heterocycles. The van der Waals surface area contributed by atoms with Crippen LogP contribution in [0.1, 0.15) is 32.5 Å². The summed E-state index contributed by atoms with van der Waals surface area (Å²) in [7, 11) is 0. The molecule has 0 aliphatic rings. The molecule has 1 aromatic rings. The lowest BCUT2D eigenvalue weighted by molar-refractivity contribution is -0.141. The second-order valence-electron chi connectivity index (χ2n) is 3.82. The van der Waals surface area contributed by atoms with Crippen molar-refractivity contribution in [3.05, 3.63) is 18.0 Å². The van der Waals surface area contributed by atoms with Gasteiger partial charge in [0.2, 0.25) is 0 Å². The molecule has 0 spiro atoms. The molecule has 0 bridgehead atoms. The van der Waals surface area contributed by atoms with Crippen molar-refractivity contribution in [1.82, 2.24) is 9.78 Å². The molecule has 1 unspecified atom stereocenters. The van der Waals surface area contributed by atoms with E-state index in [-0.39, 0.29) is 5.92 Å². The Kier molecular flexibility index (Phi) is 3.28. The monoisotopic (exact) mass is 196 g/mol. The zero-order chi connectivity index (χ0) is 10.7. The van der Waals surface area contributed by atoms with Gasteiger partial charge in [-0.15, -0.1) is 0 Å². The van der Waals surface area contributed by atoms with Gasteiger partial charge in [0.05, 0.1) is 11.6 Å². The van der Waals surface area contributed by atoms with Crippen LogP contribution in [0.15, 0.2) is 12.3 Å². The minimum atomic E-state index is -0.774. The van der Waals surface area contributed by atoms with Crippen molar-refractivity contribution in [3.8, 4) is 0 Å². The highest BCUT2D eigenvalue weighted by Gasteiger charge is 2.13. The molecule has 78 valence electrons. The van der Waals surface area contributed by atoms with Gasteiger partial charge >= 0.3 is 5.97 Å². The first-order chi connectivity index (χ1) is 6.50. The number of aromatic nitrogens is 2. The highest BCUT2D eigenvalue weighted by molar-refractivity contribution is 5.69. The van der Waals surface area contributed by atoms with Gasteiger partial charge in [0.1, 0.15) is 0 Å². The fraction of sp³-hybridized carbons (Fsp3) is 0.600. The molecule has 0 saturated carbocycles. The molecule has 14 heavy (non-hydrogen) atoms. The van der Waals surface area contributed by atoms with Crippen LogP contribution in [0.4, 0.5) is 0 Å². The van der Waals surface area contributed by atoms with Crippen molar-refractivity contribution in [3.63, 3.8) is 0 Å². The van der Waals surface area contributed by atoms with Gasteiger partial charge in [-0.3, -0.25) is 9.48 Å². The number of rotatable bonds is 4. The van der Waals surface area contributed by atoms with E-state index in [2.05, 4.69) is 5.10 Å². The maximum absolute atomic E-state index is 10.6. The van der Waals surface area contributed by atoms with Crippen molar-refractivity contribution >= 4 is 5.97 Å². The first kappa shape index (κ1) is 10.8. The van der Waals surface area contributed by atoms with Gasteiger partial charge in [0.15, 0.2) is 0 Å². The molecule has 4 nitrogen and oxygen atoms in total. The molecule has 1 N–H and O–H groups in total. The minimum absolute atomic E-state index is 0.323. The average Bonchev–Trinajstić information content (AvgIpc) is 2.52. The average molecular weight is 196 g/mol. The van der Waals surface area contributed by atoms with E-state index in [9.17, 15) is 4.79 Å². The summed E-state index contributed by atoms with van der Waals surface area (Å²) in [5.74, 6) is -1.14. The molecule has 0 aromatic carbocycles. The summed E-state index contributed by atoms with van der Waals surface area (Å²) in [5, 5.41) is 13.0. The van der Waals surface area contributed by atoms with Crippen LogP contribution in [0.5, 0.6) is 0 Å². The molecule has 1 heterocycles. The van der Waals surface area contributed by atoms with Gasteiger partial charge in [-0.05, 0) is 19.9 Å². The Bertz CT molecular complexity index is 318. The van der Waals surface area contributed by atoms with Crippen LogP contribution in [-0.2, 0) is 11.2 Å². The Hall–Kier alpha value is -1.32. The molecule has 0 radical (unpaired) electrons. The zero-order valence-electron chi connectivity index (χ0n) is 8.77. The number of nitrogens with zero attached hydrogens (tertiary/aromatic N) is 2. The second kappa shape index (κ2) is 4.26. The maximum Gasteiger partial charge on any atom is 0.306 e. The Morgan fingerprint density at radius 2 is 2.21 bits per heavy atom. The largest absolute Gasteiger partial charge is 0.481 e. The van der Waals surface area contributed by atoms with Gasteiger partial charge < -0.3 is 5.11 Å². The summed E-state index contributed by atoms with van der Waals surface area (Å²) in [4.78, 5) is 10.6. The zero-order valence-corrected chi connectivity index (χ0v) is 8.77. The van der Waals surface area contributed by atoms with Gasteiger partial charge in [-0.25, -0.2) is 0 Å². The predicted octanol–water partition coefficient (Wildman–Crippen LogP) is 1.73. The number of hydrogen-bond acceptors (Lipinski definition) is 2. The Morgan fingerprint density at radius 1 is 1.57 bits per heavy atom. The summed E-state index contributed by atoms with van der Waals surface area (Å²) >= 11 is 0. The summed E-state index contributed by atoms with van der Waals surface area (Å²) in [6, 6.07) is 2.20. The van der Waals surface area contributed by atoms with Crippen LogP contribution < -0.4 is 0 Å². The Morgan fingerprint density at radius 3 is 2.64 bits per heavy atom. The summed E-state index contributed by atoms with van der Waals surface area (Å²) in [5.41, 5.74) is 0.841. The number of hydrogen-bond donors (Lipinski definition) is 1. The van der Waals surface area contributed by atoms with E-state index in [4.69, 9.17) is 5.11 Å². The summed E-state index contributed by atoms with van der Waals surface area (Å²) < 4.78 is 1.84. The molecule has 1 aromatic heterocycles. The fourth-order valence-corrected chi connectivity index (χ4v) is 1.17. The van der Waals surface area contributed by atoms with E-state index in [0.29, 0.717) is 12.5 Å². The highest BCUT2D eigenvalue weighted by Crippen LogP contribution is 2.09. The molecule has 4 heteroatoms. The van der Waals surface area contributed by atoms with Crippen molar-refractivity contribution < 1.29 is 9.90 Å². The van der Waals surface area contributed by atoms with Crippen LogP contribution in [0.3, 0.4) is 0 Å². The molecule has 1 atom stereocenters. The van der Waals surface area contributed by atoms with Crippen LogP contribution in [0.2, 0.25) is 0 Å². The third kappa shape index (κ3) is 2.58. The standard InChI is InChI=1S/C10H16N2O2/c1-7(2)12-5-4-9(11-12)6-8(3)10(13)14/h4-5,7-8H,6H2,1-3H3,(H,13,14). The fourth-order valence-electron chi connectivity index (χ4n) is 1.17. The summed E-state index contributed by atoms with van der Waals surface area (Å²) in [6.45, 7) is 5.77. The van der Waals surface area contributed by atoms with Crippen LogP contribution in [0.25, 0.3) is 0 Å². The van der Waals surface area contributed by atoms with E-state index >= 15 is 0 Å². The lowest BCUT2D eigenvalue weighted by atomic mass is 10.1. The smallest absolute Gasteiger partial charge is 0.306 e. The SMILES string of the molecule is CC(Cc1ccn(C(C)C)n1)C(=O)O. The van der Waals surface area contributed by atoms with Crippen molar-refractivity contribution in [2.75, 3.05) is 0 Å². The topological polar surface area (TPSA) is 55.1 Å². The van der Waals surface area contributed by atoms with E-state index in [0.717, 1.165) is 5.69 Å². The first-order valence-corrected chi connectivity index (χ1v) is 4.77. The molecular formula is C10H16N2O2. The van der Waals surface area contributed by atoms with Gasteiger partial charge in [-0.1, -0.05) is 6.92 Å². The number of carboxylic acid groups (broad SMARTS) is 1. The van der Waals surface area contributed by atoms with Crippen LogP contribution in [-0.4, -0.2) is 20.9 Å². The van der Waals surface area contributed by atoms with E-state index in [1.54, 1.807) is 6.92 Å². The third-order valence-corrected chi connectivity index (χ3v) is 2.13. The van der Waals surface area contributed by atoms with E-state index in [1.165, 1.54) is 0 Å². The first-order valence-electron chi connectivity index (χ1n) is 4.77. The van der Waals surface area contributed by atoms with E-state index in [1.807, 2.05) is 30.8 Å². The lowest BCUT2D eigenvalue weighted by Gasteiger charge is -2.05. The quantitative estimate of drug-likeness (QED) is 0.797. The van der Waals surface area contributed by atoms with Crippen LogP contribution >= 0.6 is 0 Å². The van der Waals surface area contributed by atoms with Crippen molar-refractivity contribution in [2.24, 2.45) is 5.92 Å². The number of carboxylic acids is 1. The second-order valence-corrected chi connectivity index (χ2v) is 3.82. The maximum atomic E-state index is 10.6. The lowest BCUT2D eigenvalue weighted by Crippen LogP contribution is -2.13. The van der Waals surface area contributed by atoms with E-state index < -0.39 is 5.97 Å². The molecule has 0 fully saturated rings. The Balaban J connectivity index is 2.64. The van der Waals surface area contributed by atoms with Gasteiger partial charge in [0, 0.05) is 18.7 Å². The Labute approximate surface area is 83.5 Å². The van der Waals surface area contributed by atoms with Crippen molar-refractivity contribution in [2.45, 2.75) is 33.2 Å². The summed E-state index contributed by atoms with van der Waals surface area (Å²) in [6.07, 6.45) is 2.38.